The second-order valence-electron chi connectivity index (χ2n) is 24.1. The molecule has 2 aliphatic heterocycles. The Hall–Kier alpha value is -9.10. The van der Waals surface area contributed by atoms with E-state index in [1.54, 1.807) is 88.7 Å². The van der Waals surface area contributed by atoms with Gasteiger partial charge in [-0.3, -0.25) is 28.8 Å². The van der Waals surface area contributed by atoms with E-state index in [1.807, 2.05) is 38.1 Å². The molecule has 3 aliphatic rings. The molecule has 0 bridgehead atoms. The lowest BCUT2D eigenvalue weighted by atomic mass is 9.85. The first-order chi connectivity index (χ1) is 45.8. The van der Waals surface area contributed by atoms with Gasteiger partial charge in [0.15, 0.2) is 5.16 Å². The summed E-state index contributed by atoms with van der Waals surface area (Å²) in [4.78, 5) is 122. The molecule has 504 valence electrons. The molecule has 1 saturated carbocycles. The molecule has 4 atom stereocenters. The highest BCUT2D eigenvalue weighted by Gasteiger charge is 2.52. The standard InChI is InChI=1S/C68H83N13O13S/c1-7-47-33-67(47,6)95-65-72-34-46(35-73-65)16-10-9-11-20-58(83)71-36-49-37-79(78-77-49)29-31-90-30-27-70-59(84)41-91-42-60(85)75-56(19-14-15-26-69)62(86)74-48-23-21-45(22-24-48)39-93-66(89)94-68(8-2)54-32-57-61-52(38-81(57)63(87)53(54)40-92-64(68)88)50(25-28-80(43(3)4)44(5)82)51-17-12-13-18-55(51)76-61/h12-13,17-18,21-24,32,34-35,37,43,47,56H,7-9,11,14-15,19-20,25-31,33,36,38-42,69H2,1-6H3,(H,70,84)(H,71,83)(H,74,86)(H,75,85)/t47-,56-,67?,68-/m0/s1. The number of carbonyl (C=O) groups excluding carboxylic acids is 7. The first kappa shape index (κ1) is 70.2. The Labute approximate surface area is 555 Å². The number of para-hydroxylation sites is 1. The molecule has 6 aromatic rings. The zero-order chi connectivity index (χ0) is 67.7. The molecule has 6 N–H and O–H groups in total. The number of hydrogen-bond donors (Lipinski definition) is 5. The van der Waals surface area contributed by atoms with Gasteiger partial charge in [0.1, 0.15) is 38.2 Å². The van der Waals surface area contributed by atoms with Crippen molar-refractivity contribution in [3.63, 3.8) is 0 Å². The number of fused-ring (bicyclic) bond motifs is 5. The van der Waals surface area contributed by atoms with Crippen LogP contribution in [-0.4, -0.2) is 144 Å². The Kier molecular flexibility index (Phi) is 24.3. The van der Waals surface area contributed by atoms with Gasteiger partial charge < -0.3 is 60.2 Å². The molecule has 0 saturated heterocycles. The van der Waals surface area contributed by atoms with Crippen molar-refractivity contribution in [1.29, 1.82) is 0 Å². The molecule has 95 heavy (non-hydrogen) atoms. The van der Waals surface area contributed by atoms with Crippen LogP contribution in [0.1, 0.15) is 138 Å². The highest BCUT2D eigenvalue weighted by Crippen LogP contribution is 2.57. The maximum absolute atomic E-state index is 14.4. The molecule has 27 heteroatoms. The number of aromatic nitrogens is 7. The fourth-order valence-corrected chi connectivity index (χ4v) is 12.9. The number of carbonyl (C=O) groups is 7. The van der Waals surface area contributed by atoms with E-state index in [0.29, 0.717) is 97.9 Å². The number of rotatable bonds is 33. The summed E-state index contributed by atoms with van der Waals surface area (Å²) in [6.07, 6.45) is 9.67. The first-order valence-corrected chi connectivity index (χ1v) is 33.1. The van der Waals surface area contributed by atoms with Crippen LogP contribution in [0, 0.1) is 17.8 Å². The Balaban J connectivity index is 0.667. The van der Waals surface area contributed by atoms with Crippen molar-refractivity contribution in [2.24, 2.45) is 11.7 Å². The highest BCUT2D eigenvalue weighted by molar-refractivity contribution is 8.00. The minimum absolute atomic E-state index is 0.0226. The molecule has 1 fully saturated rings. The maximum Gasteiger partial charge on any atom is 0.510 e. The molecular formula is C68H83N13O13S. The maximum atomic E-state index is 14.4. The number of benzene rings is 2. The van der Waals surface area contributed by atoms with Gasteiger partial charge >= 0.3 is 12.1 Å². The summed E-state index contributed by atoms with van der Waals surface area (Å²) >= 11 is 1.73. The SMILES string of the molecule is CC[C@H]1CC1(C)Sc1ncc(C#CCCCC(=O)NCc2cn(CCOCCNC(=O)COCC(=O)N[C@@H](CCCCN)C(=O)Nc3ccc(COC(=O)O[C@]4(CC)C(=O)OCc5c4cc4n(c5=O)Cc5c-4nc4ccccc4c5CCN(C(C)=O)C(C)C)cc3)nn2)cn1. The fourth-order valence-electron chi connectivity index (χ4n) is 11.7. The van der Waals surface area contributed by atoms with E-state index >= 15 is 0 Å². The summed E-state index contributed by atoms with van der Waals surface area (Å²) in [5, 5.41) is 20.9. The molecule has 4 aromatic heterocycles. The number of cyclic esters (lactones) is 1. The number of unbranched alkanes of at least 4 members (excludes halogenated alkanes) is 2. The number of hydrogen-bond acceptors (Lipinski definition) is 20. The Morgan fingerprint density at radius 2 is 1.72 bits per heavy atom. The molecule has 5 amide bonds. The molecule has 0 spiro atoms. The van der Waals surface area contributed by atoms with E-state index in [9.17, 15) is 38.4 Å². The second-order valence-corrected chi connectivity index (χ2v) is 25.6. The Bertz CT molecular complexity index is 3890. The van der Waals surface area contributed by atoms with Gasteiger partial charge in [0, 0.05) is 78.2 Å². The average molecular weight is 1320 g/mol. The number of pyridine rings is 2. The normalized spacial score (nSPS) is 16.9. The number of thioether (sulfide) groups is 1. The summed E-state index contributed by atoms with van der Waals surface area (Å²) in [6.45, 7) is 12.3. The molecule has 6 heterocycles. The molecule has 1 unspecified atom stereocenters. The third-order valence-corrected chi connectivity index (χ3v) is 18.4. The predicted molar refractivity (Wildman–Crippen MR) is 352 cm³/mol. The molecule has 0 radical (unpaired) electrons. The summed E-state index contributed by atoms with van der Waals surface area (Å²) < 4.78 is 31.4. The van der Waals surface area contributed by atoms with Crippen molar-refractivity contribution in [3.8, 4) is 23.2 Å². The van der Waals surface area contributed by atoms with Crippen LogP contribution in [0.15, 0.2) is 83.1 Å². The second kappa shape index (κ2) is 32.8. The Morgan fingerprint density at radius 3 is 2.45 bits per heavy atom. The van der Waals surface area contributed by atoms with Crippen LogP contribution in [0.3, 0.4) is 0 Å². The quantitative estimate of drug-likeness (QED) is 0.0133. The van der Waals surface area contributed by atoms with Crippen molar-refractivity contribution in [3.05, 3.63) is 123 Å². The molecule has 26 nitrogen and oxygen atoms in total. The van der Waals surface area contributed by atoms with Gasteiger partial charge in [0.25, 0.3) is 5.56 Å². The van der Waals surface area contributed by atoms with Crippen LogP contribution in [0.2, 0.25) is 0 Å². The molecule has 2 aromatic carbocycles. The van der Waals surface area contributed by atoms with Gasteiger partial charge in [-0.15, -0.1) is 5.10 Å². The lowest BCUT2D eigenvalue weighted by molar-refractivity contribution is -0.175. The van der Waals surface area contributed by atoms with Crippen molar-refractivity contribution in [1.82, 2.24) is 55.4 Å². The molecule has 1 aliphatic carbocycles. The highest BCUT2D eigenvalue weighted by atomic mass is 32.2. The summed E-state index contributed by atoms with van der Waals surface area (Å²) in [6, 6.07) is 14.7. The van der Waals surface area contributed by atoms with E-state index in [2.05, 4.69) is 67.2 Å². The topological polar surface area (TPSA) is 334 Å². The predicted octanol–water partition coefficient (Wildman–Crippen LogP) is 6.14. The van der Waals surface area contributed by atoms with E-state index < -0.39 is 60.3 Å². The largest absolute Gasteiger partial charge is 0.510 e. The van der Waals surface area contributed by atoms with Crippen LogP contribution in [0.25, 0.3) is 22.3 Å². The Morgan fingerprint density at radius 1 is 0.937 bits per heavy atom. The van der Waals surface area contributed by atoms with Crippen molar-refractivity contribution in [2.45, 2.75) is 166 Å². The van der Waals surface area contributed by atoms with Crippen molar-refractivity contribution < 1.29 is 57.2 Å². The van der Waals surface area contributed by atoms with Gasteiger partial charge in [-0.2, -0.15) is 0 Å². The van der Waals surface area contributed by atoms with E-state index in [1.165, 1.54) is 12.8 Å². The van der Waals surface area contributed by atoms with Gasteiger partial charge in [-0.25, -0.2) is 29.2 Å². The summed E-state index contributed by atoms with van der Waals surface area (Å²) in [5.74, 6) is 4.25. The van der Waals surface area contributed by atoms with Crippen molar-refractivity contribution >= 4 is 70.0 Å². The fraction of sp³-hybridized carbons (Fsp3) is 0.485. The first-order valence-electron chi connectivity index (χ1n) is 32.3. The third kappa shape index (κ3) is 18.2. The number of anilines is 1. The lowest BCUT2D eigenvalue weighted by Crippen LogP contribution is -2.47. The van der Waals surface area contributed by atoms with Gasteiger partial charge in [0.2, 0.25) is 35.1 Å². The van der Waals surface area contributed by atoms with E-state index in [4.69, 9.17) is 34.4 Å². The lowest BCUT2D eigenvalue weighted by Gasteiger charge is -2.35. The van der Waals surface area contributed by atoms with Crippen LogP contribution in [-0.2, 0) is 97.3 Å². The minimum Gasteiger partial charge on any atom is -0.457 e. The zero-order valence-corrected chi connectivity index (χ0v) is 55.4. The van der Waals surface area contributed by atoms with Gasteiger partial charge in [0.05, 0.1) is 67.1 Å². The number of nitrogens with one attached hydrogen (secondary N) is 4. The molecular weight excluding hydrogens is 1240 g/mol. The number of nitrogens with zero attached hydrogens (tertiary/aromatic N) is 8. The van der Waals surface area contributed by atoms with E-state index in [0.717, 1.165) is 27.2 Å². The van der Waals surface area contributed by atoms with Crippen LogP contribution in [0.5, 0.6) is 0 Å². The van der Waals surface area contributed by atoms with Crippen LogP contribution in [0.4, 0.5) is 10.5 Å². The van der Waals surface area contributed by atoms with E-state index in [-0.39, 0.29) is 92.6 Å². The minimum atomic E-state index is -2.03. The zero-order valence-electron chi connectivity index (χ0n) is 54.6. The van der Waals surface area contributed by atoms with Crippen molar-refractivity contribution in [2.75, 3.05) is 51.4 Å². The number of ether oxygens (including phenoxy) is 5. The van der Waals surface area contributed by atoms with Crippen LogP contribution < -0.4 is 32.6 Å². The van der Waals surface area contributed by atoms with Gasteiger partial charge in [-0.1, -0.05) is 79.4 Å². The number of esters is 1. The summed E-state index contributed by atoms with van der Waals surface area (Å²) in [5.41, 5.74) is 9.30. The van der Waals surface area contributed by atoms with Crippen LogP contribution >= 0.6 is 11.8 Å². The molecule has 9 rings (SSSR count). The smallest absolute Gasteiger partial charge is 0.457 e. The third-order valence-electron chi connectivity index (χ3n) is 17.0. The summed E-state index contributed by atoms with van der Waals surface area (Å²) in [7, 11) is 0. The van der Waals surface area contributed by atoms with Gasteiger partial charge in [-0.05, 0) is 114 Å². The number of amides is 5. The number of nitrogens with two attached hydrogens (primary N) is 1. The average Bonchev–Trinajstić information content (AvgIpc) is 1.65. The monoisotopic (exact) mass is 1320 g/mol.